The van der Waals surface area contributed by atoms with Crippen LogP contribution >= 0.6 is 11.3 Å². The van der Waals surface area contributed by atoms with Gasteiger partial charge in [0.1, 0.15) is 13.2 Å². The molecule has 1 atom stereocenters. The van der Waals surface area contributed by atoms with E-state index in [0.29, 0.717) is 19.0 Å². The number of aromatic nitrogens is 4. The van der Waals surface area contributed by atoms with Crippen LogP contribution in [0.5, 0.6) is 11.5 Å². The first-order valence-electron chi connectivity index (χ1n) is 6.59. The largest absolute Gasteiger partial charge is 0.486 e. The molecule has 7 heteroatoms. The zero-order valence-electron chi connectivity index (χ0n) is 11.0. The molecule has 21 heavy (non-hydrogen) atoms. The summed E-state index contributed by atoms with van der Waals surface area (Å²) in [5.74, 6) is 2.18. The van der Waals surface area contributed by atoms with Gasteiger partial charge in [0.25, 0.3) is 0 Å². The molecule has 0 saturated heterocycles. The molecular weight excluding hydrogens is 288 g/mol. The molecule has 1 aliphatic rings. The van der Waals surface area contributed by atoms with Crippen LogP contribution in [0.3, 0.4) is 0 Å². The standard InChI is InChI=1S/C14H12N4O2S/c1-2-5-12-11(4-1)19-9-10(20-12)8-18-16-14(15-17-18)13-6-3-7-21-13/h1-7,10H,8-9H2/t10-/m0/s1. The molecule has 0 amide bonds. The van der Waals surface area contributed by atoms with E-state index in [-0.39, 0.29) is 6.10 Å². The lowest BCUT2D eigenvalue weighted by Crippen LogP contribution is -2.33. The Labute approximate surface area is 124 Å². The number of hydrogen-bond donors (Lipinski definition) is 0. The van der Waals surface area contributed by atoms with E-state index in [1.54, 1.807) is 16.1 Å². The third-order valence-corrected chi connectivity index (χ3v) is 3.99. The minimum absolute atomic E-state index is 0.120. The van der Waals surface area contributed by atoms with Gasteiger partial charge in [0.05, 0.1) is 4.88 Å². The molecule has 1 aliphatic heterocycles. The number of nitrogens with zero attached hydrogens (tertiary/aromatic N) is 4. The number of rotatable bonds is 3. The number of fused-ring (bicyclic) bond motifs is 1. The summed E-state index contributed by atoms with van der Waals surface area (Å²) in [5, 5.41) is 14.5. The second-order valence-corrected chi connectivity index (χ2v) is 5.59. The molecule has 3 heterocycles. The number of para-hydroxylation sites is 2. The van der Waals surface area contributed by atoms with Crippen molar-refractivity contribution in [2.45, 2.75) is 12.6 Å². The van der Waals surface area contributed by atoms with Crippen LogP contribution in [0, 0.1) is 0 Å². The third kappa shape index (κ3) is 2.47. The molecule has 0 fully saturated rings. The Bertz CT molecular complexity index is 741. The van der Waals surface area contributed by atoms with E-state index in [9.17, 15) is 0 Å². The van der Waals surface area contributed by atoms with Crippen molar-refractivity contribution < 1.29 is 9.47 Å². The average Bonchev–Trinajstić information content (AvgIpc) is 3.18. The van der Waals surface area contributed by atoms with Crippen LogP contribution in [-0.4, -0.2) is 32.9 Å². The average molecular weight is 300 g/mol. The van der Waals surface area contributed by atoms with E-state index in [1.807, 2.05) is 41.8 Å². The predicted octanol–water partition coefficient (Wildman–Crippen LogP) is 2.24. The lowest BCUT2D eigenvalue weighted by molar-refractivity contribution is 0.0722. The van der Waals surface area contributed by atoms with Crippen molar-refractivity contribution in [1.82, 2.24) is 20.2 Å². The zero-order chi connectivity index (χ0) is 14.1. The van der Waals surface area contributed by atoms with Crippen LogP contribution in [0.1, 0.15) is 0 Å². The molecule has 6 nitrogen and oxygen atoms in total. The topological polar surface area (TPSA) is 62.1 Å². The molecule has 0 saturated carbocycles. The monoisotopic (exact) mass is 300 g/mol. The van der Waals surface area contributed by atoms with Gasteiger partial charge in [0.15, 0.2) is 17.6 Å². The van der Waals surface area contributed by atoms with Crippen LogP contribution in [0.15, 0.2) is 41.8 Å². The number of tetrazole rings is 1. The minimum Gasteiger partial charge on any atom is -0.486 e. The van der Waals surface area contributed by atoms with E-state index >= 15 is 0 Å². The first kappa shape index (κ1) is 12.3. The lowest BCUT2D eigenvalue weighted by Gasteiger charge is -2.25. The summed E-state index contributed by atoms with van der Waals surface area (Å²) in [5.41, 5.74) is 0. The Morgan fingerprint density at radius 2 is 2.10 bits per heavy atom. The fraction of sp³-hybridized carbons (Fsp3) is 0.214. The van der Waals surface area contributed by atoms with E-state index in [2.05, 4.69) is 15.4 Å². The maximum atomic E-state index is 5.88. The van der Waals surface area contributed by atoms with Gasteiger partial charge in [-0.3, -0.25) is 0 Å². The lowest BCUT2D eigenvalue weighted by atomic mass is 10.2. The van der Waals surface area contributed by atoms with Crippen LogP contribution in [0.2, 0.25) is 0 Å². The fourth-order valence-corrected chi connectivity index (χ4v) is 2.81. The van der Waals surface area contributed by atoms with Crippen LogP contribution in [0.4, 0.5) is 0 Å². The maximum absolute atomic E-state index is 5.88. The van der Waals surface area contributed by atoms with Gasteiger partial charge in [-0.15, -0.1) is 21.5 Å². The molecule has 106 valence electrons. The molecular formula is C14H12N4O2S. The Balaban J connectivity index is 1.48. The summed E-state index contributed by atoms with van der Waals surface area (Å²) in [6.07, 6.45) is -0.120. The SMILES string of the molecule is c1csc(-c2nnn(C[C@H]3COc4ccccc4O3)n2)c1. The normalized spacial score (nSPS) is 16.9. The van der Waals surface area contributed by atoms with Crippen molar-refractivity contribution in [3.63, 3.8) is 0 Å². The molecule has 2 aromatic heterocycles. The Morgan fingerprint density at radius 1 is 1.19 bits per heavy atom. The van der Waals surface area contributed by atoms with Crippen molar-refractivity contribution >= 4 is 11.3 Å². The predicted molar refractivity (Wildman–Crippen MR) is 77.5 cm³/mol. The quantitative estimate of drug-likeness (QED) is 0.742. The van der Waals surface area contributed by atoms with Gasteiger partial charge in [-0.2, -0.15) is 4.80 Å². The van der Waals surface area contributed by atoms with Crippen molar-refractivity contribution in [3.8, 4) is 22.2 Å². The van der Waals surface area contributed by atoms with Crippen molar-refractivity contribution in [2.75, 3.05) is 6.61 Å². The van der Waals surface area contributed by atoms with Gasteiger partial charge in [0.2, 0.25) is 5.82 Å². The zero-order valence-corrected chi connectivity index (χ0v) is 11.9. The van der Waals surface area contributed by atoms with Crippen molar-refractivity contribution in [3.05, 3.63) is 41.8 Å². The molecule has 3 aromatic rings. The summed E-state index contributed by atoms with van der Waals surface area (Å²) >= 11 is 1.59. The summed E-state index contributed by atoms with van der Waals surface area (Å²) in [4.78, 5) is 2.56. The summed E-state index contributed by atoms with van der Waals surface area (Å²) in [6, 6.07) is 11.6. The van der Waals surface area contributed by atoms with E-state index in [0.717, 1.165) is 16.4 Å². The Hall–Kier alpha value is -2.41. The first-order valence-corrected chi connectivity index (χ1v) is 7.46. The summed E-state index contributed by atoms with van der Waals surface area (Å²) in [6.45, 7) is 0.986. The van der Waals surface area contributed by atoms with Crippen LogP contribution in [0.25, 0.3) is 10.7 Å². The van der Waals surface area contributed by atoms with Gasteiger partial charge in [0, 0.05) is 0 Å². The van der Waals surface area contributed by atoms with E-state index in [1.165, 1.54) is 0 Å². The van der Waals surface area contributed by atoms with Gasteiger partial charge < -0.3 is 9.47 Å². The summed E-state index contributed by atoms with van der Waals surface area (Å²) < 4.78 is 11.6. The highest BCUT2D eigenvalue weighted by Gasteiger charge is 2.22. The molecule has 0 radical (unpaired) electrons. The molecule has 0 aliphatic carbocycles. The maximum Gasteiger partial charge on any atom is 0.214 e. The molecule has 0 spiro atoms. The van der Waals surface area contributed by atoms with Crippen LogP contribution < -0.4 is 9.47 Å². The third-order valence-electron chi connectivity index (χ3n) is 3.13. The van der Waals surface area contributed by atoms with Crippen molar-refractivity contribution in [2.24, 2.45) is 0 Å². The van der Waals surface area contributed by atoms with Gasteiger partial charge in [-0.25, -0.2) is 0 Å². The number of benzene rings is 1. The Morgan fingerprint density at radius 3 is 2.95 bits per heavy atom. The minimum atomic E-state index is -0.120. The molecule has 0 N–H and O–H groups in total. The number of hydrogen-bond acceptors (Lipinski definition) is 6. The van der Waals surface area contributed by atoms with E-state index in [4.69, 9.17) is 9.47 Å². The van der Waals surface area contributed by atoms with E-state index < -0.39 is 0 Å². The fourth-order valence-electron chi connectivity index (χ4n) is 2.16. The second kappa shape index (κ2) is 5.17. The highest BCUT2D eigenvalue weighted by Crippen LogP contribution is 2.31. The van der Waals surface area contributed by atoms with Gasteiger partial charge >= 0.3 is 0 Å². The Kier molecular flexibility index (Phi) is 3.04. The smallest absolute Gasteiger partial charge is 0.214 e. The molecule has 4 rings (SSSR count). The molecule has 0 bridgehead atoms. The highest BCUT2D eigenvalue weighted by molar-refractivity contribution is 7.13. The van der Waals surface area contributed by atoms with Crippen LogP contribution in [-0.2, 0) is 6.54 Å². The summed E-state index contributed by atoms with van der Waals surface area (Å²) in [7, 11) is 0. The first-order chi connectivity index (χ1) is 10.4. The van der Waals surface area contributed by atoms with Gasteiger partial charge in [-0.1, -0.05) is 18.2 Å². The molecule has 1 aromatic carbocycles. The van der Waals surface area contributed by atoms with Gasteiger partial charge in [-0.05, 0) is 28.8 Å². The van der Waals surface area contributed by atoms with Crippen molar-refractivity contribution in [1.29, 1.82) is 0 Å². The molecule has 0 unspecified atom stereocenters. The number of ether oxygens (including phenoxy) is 2. The number of thiophene rings is 1. The second-order valence-electron chi connectivity index (χ2n) is 4.64. The highest BCUT2D eigenvalue weighted by atomic mass is 32.1.